The molecule has 0 unspecified atom stereocenters. The summed E-state index contributed by atoms with van der Waals surface area (Å²) in [6, 6.07) is 11.0. The molecular formula is C17H17MoO5P. The van der Waals surface area contributed by atoms with Crippen LogP contribution in [0.4, 0.5) is 0 Å². The zero-order valence-electron chi connectivity index (χ0n) is 13.6. The van der Waals surface area contributed by atoms with Crippen molar-refractivity contribution in [2.24, 2.45) is 0 Å². The largest absolute Gasteiger partial charge is 0 e. The molecular weight excluding hydrogens is 411 g/mol. The maximum absolute atomic E-state index is 7.50. The Hall–Kier alpha value is -0.962. The van der Waals surface area contributed by atoms with Gasteiger partial charge in [-0.15, -0.1) is 0 Å². The van der Waals surface area contributed by atoms with Crippen LogP contribution >= 0.6 is 7.92 Å². The molecule has 7 heteroatoms. The van der Waals surface area contributed by atoms with Gasteiger partial charge in [-0.3, -0.25) is 0 Å². The standard InChI is InChI=1S/C12H17P.5CO.Mo/c1-12(2,3)13-9-11(13)10-7-5-4-6-8-10;5*1-2;/h4-8,11H,9H2,1-3H3;;;;;;/t11-,13-;;;;;;/m1....../s1. The third-order valence-electron chi connectivity index (χ3n) is 2.66. The van der Waals surface area contributed by atoms with Gasteiger partial charge in [0.15, 0.2) is 0 Å². The molecule has 1 aliphatic rings. The Morgan fingerprint density at radius 2 is 1.12 bits per heavy atom. The summed E-state index contributed by atoms with van der Waals surface area (Å²) in [6.07, 6.45) is 1.45. The maximum atomic E-state index is 7.50. The van der Waals surface area contributed by atoms with E-state index in [1.54, 1.807) is 5.56 Å². The van der Waals surface area contributed by atoms with Crippen molar-refractivity contribution >= 4 is 7.92 Å². The van der Waals surface area contributed by atoms with Gasteiger partial charge in [-0.2, -0.15) is 0 Å². The van der Waals surface area contributed by atoms with Crippen LogP contribution in [0, 0.1) is 33.3 Å². The molecule has 0 amide bonds. The summed E-state index contributed by atoms with van der Waals surface area (Å²) in [5, 5.41) is 0.551. The average molecular weight is 428 g/mol. The van der Waals surface area contributed by atoms with E-state index in [1.165, 1.54) is 6.16 Å². The van der Waals surface area contributed by atoms with Crippen molar-refractivity contribution in [3.63, 3.8) is 0 Å². The maximum Gasteiger partial charge on any atom is 0 e. The van der Waals surface area contributed by atoms with Gasteiger partial charge < -0.3 is 0 Å². The number of hydrogen-bond acceptors (Lipinski definition) is 0. The summed E-state index contributed by atoms with van der Waals surface area (Å²) >= 11 is 0. The molecule has 0 aromatic heterocycles. The Morgan fingerprint density at radius 1 is 0.792 bits per heavy atom. The molecule has 0 aliphatic carbocycles. The SMILES string of the molecule is CC(C)(C)[P@]1C[C@@H]1c1ccccc1.[C-]#[O+].[C-]#[O+].[C-]#[O+].[C-]#[O+].[C-]#[O+].[Mo]. The van der Waals surface area contributed by atoms with Gasteiger partial charge in [-0.05, 0) is 16.9 Å². The molecule has 1 fully saturated rings. The first-order valence-corrected chi connectivity index (χ1v) is 7.52. The van der Waals surface area contributed by atoms with E-state index >= 15 is 0 Å². The van der Waals surface area contributed by atoms with Crippen molar-refractivity contribution in [1.82, 2.24) is 0 Å². The molecule has 1 aliphatic heterocycles. The quantitative estimate of drug-likeness (QED) is 0.281. The van der Waals surface area contributed by atoms with Gasteiger partial charge in [0, 0.05) is 26.7 Å². The summed E-state index contributed by atoms with van der Waals surface area (Å²) in [6.45, 7) is 29.6. The summed E-state index contributed by atoms with van der Waals surface area (Å²) in [4.78, 5) is 0. The molecule has 1 aromatic rings. The molecule has 1 heterocycles. The fraction of sp³-hybridized carbons (Fsp3) is 0.353. The first-order valence-electron chi connectivity index (χ1n) is 5.93. The van der Waals surface area contributed by atoms with Crippen LogP contribution in [0.3, 0.4) is 0 Å². The van der Waals surface area contributed by atoms with Gasteiger partial charge >= 0.3 is 56.5 Å². The minimum Gasteiger partial charge on any atom is 0 e. The number of benzene rings is 1. The third-order valence-corrected chi connectivity index (χ3v) is 5.90. The van der Waals surface area contributed by atoms with E-state index in [9.17, 15) is 0 Å². The van der Waals surface area contributed by atoms with E-state index in [0.717, 1.165) is 5.66 Å². The molecule has 0 radical (unpaired) electrons. The zero-order valence-corrected chi connectivity index (χ0v) is 16.5. The summed E-state index contributed by atoms with van der Waals surface area (Å²) in [5.74, 6) is 0. The summed E-state index contributed by atoms with van der Waals surface area (Å²) in [7, 11) is 0.269. The monoisotopic (exact) mass is 430 g/mol. The van der Waals surface area contributed by atoms with Crippen LogP contribution in [0.15, 0.2) is 30.3 Å². The van der Waals surface area contributed by atoms with Crippen molar-refractivity contribution < 1.29 is 44.3 Å². The predicted molar refractivity (Wildman–Crippen MR) is 80.4 cm³/mol. The minimum absolute atomic E-state index is 0. The van der Waals surface area contributed by atoms with Crippen LogP contribution in [0.25, 0.3) is 0 Å². The molecule has 0 spiro atoms. The number of rotatable bonds is 1. The summed E-state index contributed by atoms with van der Waals surface area (Å²) in [5.41, 5.74) is 2.46. The van der Waals surface area contributed by atoms with E-state index in [1.807, 2.05) is 0 Å². The van der Waals surface area contributed by atoms with Crippen molar-refractivity contribution in [2.45, 2.75) is 31.6 Å². The van der Waals surface area contributed by atoms with E-state index in [-0.39, 0.29) is 29.0 Å². The normalized spacial score (nSPS) is 15.2. The topological polar surface area (TPSA) is 99.5 Å². The predicted octanol–water partition coefficient (Wildman–Crippen LogP) is 3.83. The fourth-order valence-electron chi connectivity index (χ4n) is 1.84. The summed E-state index contributed by atoms with van der Waals surface area (Å²) < 4.78 is 37.5. The van der Waals surface area contributed by atoms with Gasteiger partial charge in [0.05, 0.1) is 0 Å². The van der Waals surface area contributed by atoms with Gasteiger partial charge in [-0.1, -0.05) is 59.0 Å². The van der Waals surface area contributed by atoms with Crippen LogP contribution in [0.5, 0.6) is 0 Å². The number of hydrogen-bond donors (Lipinski definition) is 0. The molecule has 1 saturated heterocycles. The second-order valence-electron chi connectivity index (χ2n) is 4.75. The van der Waals surface area contributed by atoms with Gasteiger partial charge in [0.25, 0.3) is 0 Å². The van der Waals surface area contributed by atoms with E-state index in [4.69, 9.17) is 23.3 Å². The fourth-order valence-corrected chi connectivity index (χ4v) is 4.59. The average Bonchev–Trinajstić information content (AvgIpc) is 3.46. The molecule has 5 nitrogen and oxygen atoms in total. The molecule has 0 bridgehead atoms. The zero-order chi connectivity index (χ0) is 19.5. The molecule has 126 valence electrons. The Bertz CT molecular complexity index is 451. The smallest absolute Gasteiger partial charge is 0 e. The Labute approximate surface area is 159 Å². The second-order valence-corrected chi connectivity index (χ2v) is 8.02. The van der Waals surface area contributed by atoms with Gasteiger partial charge in [0.1, 0.15) is 0 Å². The molecule has 24 heavy (non-hydrogen) atoms. The minimum atomic E-state index is 0. The molecule has 0 N–H and O–H groups in total. The van der Waals surface area contributed by atoms with E-state index in [0.29, 0.717) is 5.16 Å². The molecule has 2 atom stereocenters. The van der Waals surface area contributed by atoms with Crippen LogP contribution in [-0.2, 0) is 44.3 Å². The Kier molecular flexibility index (Phi) is 34.8. The van der Waals surface area contributed by atoms with E-state index in [2.05, 4.69) is 84.4 Å². The van der Waals surface area contributed by atoms with Gasteiger partial charge in [-0.25, -0.2) is 0 Å². The molecule has 1 aromatic carbocycles. The van der Waals surface area contributed by atoms with Crippen LogP contribution in [-0.4, -0.2) is 11.3 Å². The Morgan fingerprint density at radius 3 is 1.38 bits per heavy atom. The van der Waals surface area contributed by atoms with Crippen LogP contribution in [0.1, 0.15) is 32.0 Å². The molecule has 2 rings (SSSR count). The first-order chi connectivity index (χ1) is 11.1. The first kappa shape index (κ1) is 34.4. The second kappa shape index (κ2) is 24.3. The van der Waals surface area contributed by atoms with Crippen LogP contribution < -0.4 is 0 Å². The van der Waals surface area contributed by atoms with Crippen LogP contribution in [0.2, 0.25) is 0 Å². The van der Waals surface area contributed by atoms with Gasteiger partial charge in [0.2, 0.25) is 0 Å². The van der Waals surface area contributed by atoms with Crippen molar-refractivity contribution in [2.75, 3.05) is 6.16 Å². The van der Waals surface area contributed by atoms with Crippen molar-refractivity contribution in [3.05, 3.63) is 69.1 Å². The van der Waals surface area contributed by atoms with E-state index < -0.39 is 0 Å². The van der Waals surface area contributed by atoms with Crippen molar-refractivity contribution in [1.29, 1.82) is 0 Å². The third kappa shape index (κ3) is 15.9. The Balaban J connectivity index is -0.0000000950. The molecule has 0 saturated carbocycles. The van der Waals surface area contributed by atoms with Crippen molar-refractivity contribution in [3.8, 4) is 0 Å².